The Hall–Kier alpha value is -2.70. The van der Waals surface area contributed by atoms with Crippen molar-refractivity contribution in [2.24, 2.45) is 0 Å². The van der Waals surface area contributed by atoms with Gasteiger partial charge in [-0.1, -0.05) is 24.3 Å². The molecule has 0 amide bonds. The molecule has 146 valence electrons. The van der Waals surface area contributed by atoms with Crippen LogP contribution in [0.3, 0.4) is 0 Å². The molecular weight excluding hydrogens is 354 g/mol. The molecule has 0 unspecified atom stereocenters. The van der Waals surface area contributed by atoms with Crippen molar-refractivity contribution in [2.75, 3.05) is 19.7 Å². The van der Waals surface area contributed by atoms with Crippen molar-refractivity contribution in [3.05, 3.63) is 64.7 Å². The summed E-state index contributed by atoms with van der Waals surface area (Å²) in [5.74, 6) is 1.40. The van der Waals surface area contributed by atoms with Crippen molar-refractivity contribution in [1.29, 1.82) is 0 Å². The number of nitrogens with one attached hydrogen (secondary N) is 1. The summed E-state index contributed by atoms with van der Waals surface area (Å²) in [7, 11) is 0. The van der Waals surface area contributed by atoms with E-state index in [0.29, 0.717) is 29.8 Å². The van der Waals surface area contributed by atoms with Gasteiger partial charge in [-0.3, -0.25) is 9.36 Å². The molecule has 1 fully saturated rings. The predicted molar refractivity (Wildman–Crippen MR) is 108 cm³/mol. The number of piperidine rings is 1. The number of hydrogen-bond donors (Lipinski definition) is 2. The highest BCUT2D eigenvalue weighted by Gasteiger charge is 2.24. The molecule has 6 nitrogen and oxygen atoms in total. The first-order valence-corrected chi connectivity index (χ1v) is 9.92. The van der Waals surface area contributed by atoms with Gasteiger partial charge in [0.25, 0.3) is 5.56 Å². The maximum absolute atomic E-state index is 13.4. The lowest BCUT2D eigenvalue weighted by molar-refractivity contribution is -0.920. The van der Waals surface area contributed by atoms with Crippen LogP contribution in [-0.4, -0.2) is 40.5 Å². The van der Waals surface area contributed by atoms with E-state index in [1.807, 2.05) is 55.5 Å². The molecule has 4 rings (SSSR count). The summed E-state index contributed by atoms with van der Waals surface area (Å²) in [5.41, 5.74) is 1.35. The summed E-state index contributed by atoms with van der Waals surface area (Å²) >= 11 is 0. The third kappa shape index (κ3) is 3.66. The molecule has 6 heteroatoms. The van der Waals surface area contributed by atoms with Crippen molar-refractivity contribution in [1.82, 2.24) is 9.55 Å². The van der Waals surface area contributed by atoms with Gasteiger partial charge in [0.2, 0.25) is 0 Å². The maximum Gasteiger partial charge on any atom is 0.266 e. The molecule has 2 heterocycles. The quantitative estimate of drug-likeness (QED) is 0.701. The van der Waals surface area contributed by atoms with Gasteiger partial charge in [-0.2, -0.15) is 0 Å². The minimum atomic E-state index is -0.214. The Morgan fingerprint density at radius 2 is 1.86 bits per heavy atom. The summed E-state index contributed by atoms with van der Waals surface area (Å²) in [6.45, 7) is 4.83. The zero-order valence-corrected chi connectivity index (χ0v) is 16.1. The number of aromatic nitrogens is 2. The molecular formula is C22H26N3O3+. The van der Waals surface area contributed by atoms with E-state index in [0.717, 1.165) is 37.4 Å². The van der Waals surface area contributed by atoms with Crippen molar-refractivity contribution >= 4 is 10.9 Å². The zero-order valence-electron chi connectivity index (χ0n) is 16.1. The van der Waals surface area contributed by atoms with Gasteiger partial charge in [0.15, 0.2) is 5.82 Å². The highest BCUT2D eigenvalue weighted by molar-refractivity contribution is 5.78. The average Bonchev–Trinajstić information content (AvgIpc) is 2.71. The van der Waals surface area contributed by atoms with Crippen LogP contribution in [0.4, 0.5) is 0 Å². The van der Waals surface area contributed by atoms with Crippen LogP contribution in [0, 0.1) is 0 Å². The minimum Gasteiger partial charge on any atom is -0.492 e. The van der Waals surface area contributed by atoms with E-state index >= 15 is 0 Å². The van der Waals surface area contributed by atoms with Gasteiger partial charge in [0.1, 0.15) is 12.3 Å². The van der Waals surface area contributed by atoms with Crippen LogP contribution in [-0.2, 0) is 6.54 Å². The minimum absolute atomic E-state index is 0.0794. The summed E-state index contributed by atoms with van der Waals surface area (Å²) in [6, 6.07) is 15.1. The molecule has 0 saturated carbocycles. The Bertz CT molecular complexity index is 1020. The second kappa shape index (κ2) is 8.12. The third-order valence-corrected chi connectivity index (χ3v) is 5.32. The SMILES string of the molecule is CCOc1ccccc1-n1c(C[NH+]2CCC(O)CC2)nc2ccccc2c1=O. The van der Waals surface area contributed by atoms with Crippen LogP contribution in [0.25, 0.3) is 16.6 Å². The predicted octanol–water partition coefficient (Wildman–Crippen LogP) is 1.32. The lowest BCUT2D eigenvalue weighted by Crippen LogP contribution is -3.12. The Morgan fingerprint density at radius 1 is 1.14 bits per heavy atom. The fraction of sp³-hybridized carbons (Fsp3) is 0.364. The van der Waals surface area contributed by atoms with Crippen LogP contribution < -0.4 is 15.2 Å². The monoisotopic (exact) mass is 380 g/mol. The van der Waals surface area contributed by atoms with Crippen LogP contribution >= 0.6 is 0 Å². The molecule has 0 aliphatic carbocycles. The number of aliphatic hydroxyl groups is 1. The van der Waals surface area contributed by atoms with Gasteiger partial charge < -0.3 is 14.7 Å². The number of benzene rings is 2. The van der Waals surface area contributed by atoms with E-state index in [-0.39, 0.29) is 11.7 Å². The molecule has 28 heavy (non-hydrogen) atoms. The molecule has 3 aromatic rings. The lowest BCUT2D eigenvalue weighted by Gasteiger charge is -2.27. The van der Waals surface area contributed by atoms with Gasteiger partial charge in [-0.25, -0.2) is 4.98 Å². The van der Waals surface area contributed by atoms with Gasteiger partial charge in [0, 0.05) is 12.8 Å². The van der Waals surface area contributed by atoms with Gasteiger partial charge in [0.05, 0.1) is 42.4 Å². The Balaban J connectivity index is 1.86. The van der Waals surface area contributed by atoms with E-state index in [2.05, 4.69) is 0 Å². The maximum atomic E-state index is 13.4. The lowest BCUT2D eigenvalue weighted by atomic mass is 10.1. The summed E-state index contributed by atoms with van der Waals surface area (Å²) in [5, 5.41) is 10.4. The van der Waals surface area contributed by atoms with Gasteiger partial charge in [-0.15, -0.1) is 0 Å². The molecule has 1 saturated heterocycles. The van der Waals surface area contributed by atoms with E-state index in [1.54, 1.807) is 4.57 Å². The first kappa shape index (κ1) is 18.7. The summed E-state index contributed by atoms with van der Waals surface area (Å²) in [4.78, 5) is 19.6. The van der Waals surface area contributed by atoms with Crippen LogP contribution in [0.1, 0.15) is 25.6 Å². The average molecular weight is 380 g/mol. The van der Waals surface area contributed by atoms with Crippen molar-refractivity contribution in [2.45, 2.75) is 32.4 Å². The highest BCUT2D eigenvalue weighted by Crippen LogP contribution is 2.23. The van der Waals surface area contributed by atoms with E-state index in [1.165, 1.54) is 4.90 Å². The summed E-state index contributed by atoms with van der Waals surface area (Å²) in [6.07, 6.45) is 1.35. The van der Waals surface area contributed by atoms with Crippen molar-refractivity contribution in [3.8, 4) is 11.4 Å². The number of hydrogen-bond acceptors (Lipinski definition) is 4. The number of likely N-dealkylation sites (tertiary alicyclic amines) is 1. The standard InChI is InChI=1S/C22H25N3O3/c1-2-28-20-10-6-5-9-19(20)25-21(15-24-13-11-16(26)12-14-24)23-18-8-4-3-7-17(18)22(25)27/h3-10,16,26H,2,11-15H2,1H3/p+1. The normalized spacial score (nSPS) is 19.6. The number of nitrogens with zero attached hydrogens (tertiary/aromatic N) is 2. The fourth-order valence-electron chi connectivity index (χ4n) is 3.88. The number of fused-ring (bicyclic) bond motifs is 1. The Morgan fingerprint density at radius 3 is 2.64 bits per heavy atom. The second-order valence-electron chi connectivity index (χ2n) is 7.24. The van der Waals surface area contributed by atoms with Crippen LogP contribution in [0.15, 0.2) is 53.3 Å². The second-order valence-corrected chi connectivity index (χ2v) is 7.24. The first-order chi connectivity index (χ1) is 13.7. The third-order valence-electron chi connectivity index (χ3n) is 5.32. The molecule has 0 radical (unpaired) electrons. The van der Waals surface area contributed by atoms with Gasteiger partial charge in [-0.05, 0) is 31.2 Å². The molecule has 2 aromatic carbocycles. The molecule has 1 aliphatic heterocycles. The zero-order chi connectivity index (χ0) is 19.5. The number of rotatable bonds is 5. The summed E-state index contributed by atoms with van der Waals surface area (Å²) < 4.78 is 7.49. The van der Waals surface area contributed by atoms with E-state index < -0.39 is 0 Å². The number of para-hydroxylation sites is 3. The van der Waals surface area contributed by atoms with Crippen molar-refractivity contribution in [3.63, 3.8) is 0 Å². The molecule has 1 aromatic heterocycles. The Labute approximate surface area is 164 Å². The molecule has 1 aliphatic rings. The van der Waals surface area contributed by atoms with E-state index in [9.17, 15) is 9.90 Å². The molecule has 2 N–H and O–H groups in total. The van der Waals surface area contributed by atoms with Crippen LogP contribution in [0.5, 0.6) is 5.75 Å². The largest absolute Gasteiger partial charge is 0.492 e. The Kier molecular flexibility index (Phi) is 5.41. The first-order valence-electron chi connectivity index (χ1n) is 9.92. The molecule has 0 spiro atoms. The molecule has 0 bridgehead atoms. The van der Waals surface area contributed by atoms with Crippen molar-refractivity contribution < 1.29 is 14.7 Å². The van der Waals surface area contributed by atoms with Gasteiger partial charge >= 0.3 is 0 Å². The van der Waals surface area contributed by atoms with Crippen LogP contribution in [0.2, 0.25) is 0 Å². The molecule has 0 atom stereocenters. The number of ether oxygens (including phenoxy) is 1. The number of aliphatic hydroxyl groups excluding tert-OH is 1. The highest BCUT2D eigenvalue weighted by atomic mass is 16.5. The topological polar surface area (TPSA) is 68.8 Å². The van der Waals surface area contributed by atoms with E-state index in [4.69, 9.17) is 9.72 Å². The number of quaternary nitrogens is 1. The smallest absolute Gasteiger partial charge is 0.266 e. The fourth-order valence-corrected chi connectivity index (χ4v) is 3.88.